The number of rotatable bonds is 5. The number of amides is 1. The molecule has 0 aliphatic carbocycles. The van der Waals surface area contributed by atoms with Crippen molar-refractivity contribution in [3.63, 3.8) is 0 Å². The fraction of sp³-hybridized carbons (Fsp3) is 0.875. The largest absolute Gasteiger partial charge is 0.352 e. The molecule has 0 saturated carbocycles. The summed E-state index contributed by atoms with van der Waals surface area (Å²) in [6.07, 6.45) is 0.300. The molecule has 0 aromatic heterocycles. The molecule has 0 aliphatic heterocycles. The first kappa shape index (κ1) is 13.4. The normalized spacial score (nSPS) is 14.1. The summed E-state index contributed by atoms with van der Waals surface area (Å²) < 4.78 is 29.9. The Kier molecular flexibility index (Phi) is 5.07. The van der Waals surface area contributed by atoms with Gasteiger partial charge in [0.1, 0.15) is 0 Å². The van der Waals surface area contributed by atoms with Gasteiger partial charge >= 0.3 is 0 Å². The molecular formula is C8H17NO4S. The van der Waals surface area contributed by atoms with Crippen LogP contribution in [0.25, 0.3) is 0 Å². The van der Waals surface area contributed by atoms with E-state index in [0.717, 1.165) is 0 Å². The first-order valence-electron chi connectivity index (χ1n) is 4.50. The molecule has 1 atom stereocenters. The quantitative estimate of drug-likeness (QED) is 0.662. The van der Waals surface area contributed by atoms with Gasteiger partial charge in [0.2, 0.25) is 5.91 Å². The Morgan fingerprint density at radius 1 is 1.43 bits per heavy atom. The van der Waals surface area contributed by atoms with E-state index in [1.54, 1.807) is 20.8 Å². The lowest BCUT2D eigenvalue weighted by Gasteiger charge is -2.20. The Balaban J connectivity index is 4.39. The minimum atomic E-state index is -4.04. The van der Waals surface area contributed by atoms with Gasteiger partial charge < -0.3 is 5.32 Å². The molecule has 0 aromatic rings. The molecule has 0 bridgehead atoms. The van der Waals surface area contributed by atoms with Gasteiger partial charge in [-0.25, -0.2) is 0 Å². The van der Waals surface area contributed by atoms with Crippen LogP contribution in [-0.2, 0) is 14.9 Å². The molecule has 0 heterocycles. The summed E-state index contributed by atoms with van der Waals surface area (Å²) in [7, 11) is -4.04. The molecule has 5 nitrogen and oxygen atoms in total. The molecule has 1 unspecified atom stereocenters. The van der Waals surface area contributed by atoms with Crippen molar-refractivity contribution in [2.45, 2.75) is 33.2 Å². The van der Waals surface area contributed by atoms with Gasteiger partial charge in [0.05, 0.1) is 5.75 Å². The molecule has 2 N–H and O–H groups in total. The highest BCUT2D eigenvalue weighted by Crippen LogP contribution is 2.04. The molecule has 0 rings (SSSR count). The fourth-order valence-electron chi connectivity index (χ4n) is 0.937. The maximum Gasteiger partial charge on any atom is 0.266 e. The van der Waals surface area contributed by atoms with Crippen LogP contribution in [0.15, 0.2) is 0 Å². The minimum absolute atomic E-state index is 0.0348. The van der Waals surface area contributed by atoms with Crippen LogP contribution >= 0.6 is 0 Å². The predicted octanol–water partition coefficient (Wildman–Crippen LogP) is 0.425. The van der Waals surface area contributed by atoms with Crippen molar-refractivity contribution in [3.05, 3.63) is 0 Å². The van der Waals surface area contributed by atoms with Crippen LogP contribution < -0.4 is 5.32 Å². The molecule has 0 aromatic carbocycles. The van der Waals surface area contributed by atoms with Crippen LogP contribution in [0.5, 0.6) is 0 Å². The van der Waals surface area contributed by atoms with Gasteiger partial charge in [-0.1, -0.05) is 20.8 Å². The summed E-state index contributed by atoms with van der Waals surface area (Å²) >= 11 is 0. The van der Waals surface area contributed by atoms with Crippen LogP contribution in [0.3, 0.4) is 0 Å². The van der Waals surface area contributed by atoms with Crippen LogP contribution in [0.2, 0.25) is 0 Å². The lowest BCUT2D eigenvalue weighted by Crippen LogP contribution is -2.42. The Hall–Kier alpha value is -0.620. The van der Waals surface area contributed by atoms with Gasteiger partial charge in [-0.3, -0.25) is 9.35 Å². The van der Waals surface area contributed by atoms with Gasteiger partial charge in [-0.15, -0.1) is 0 Å². The highest BCUT2D eigenvalue weighted by molar-refractivity contribution is 7.85. The van der Waals surface area contributed by atoms with Gasteiger partial charge in [0.15, 0.2) is 0 Å². The number of carbonyl (C=O) groups excluding carboxylic acids is 1. The zero-order chi connectivity index (χ0) is 11.4. The summed E-state index contributed by atoms with van der Waals surface area (Å²) in [5.41, 5.74) is 0. The van der Waals surface area contributed by atoms with E-state index < -0.39 is 21.9 Å². The molecule has 6 heteroatoms. The Labute approximate surface area is 84.6 Å². The summed E-state index contributed by atoms with van der Waals surface area (Å²) in [6.45, 7) is 5.25. The third-order valence-electron chi connectivity index (χ3n) is 1.86. The number of carbonyl (C=O) groups is 1. The average Bonchev–Trinajstić information content (AvgIpc) is 2.00. The highest BCUT2D eigenvalue weighted by Gasteiger charge is 2.21. The van der Waals surface area contributed by atoms with E-state index in [1.165, 1.54) is 0 Å². The smallest absolute Gasteiger partial charge is 0.266 e. The maximum atomic E-state index is 11.0. The lowest BCUT2D eigenvalue weighted by molar-refractivity contribution is -0.121. The Morgan fingerprint density at radius 2 is 1.93 bits per heavy atom. The van der Waals surface area contributed by atoms with Crippen molar-refractivity contribution in [2.75, 3.05) is 5.75 Å². The van der Waals surface area contributed by atoms with Crippen LogP contribution in [0, 0.1) is 5.92 Å². The second-order valence-corrected chi connectivity index (χ2v) is 5.02. The second-order valence-electron chi connectivity index (χ2n) is 3.52. The topological polar surface area (TPSA) is 83.5 Å². The van der Waals surface area contributed by atoms with Crippen molar-refractivity contribution in [1.82, 2.24) is 5.32 Å². The molecule has 0 saturated heterocycles. The van der Waals surface area contributed by atoms with E-state index in [-0.39, 0.29) is 11.8 Å². The van der Waals surface area contributed by atoms with Crippen molar-refractivity contribution in [1.29, 1.82) is 0 Å². The van der Waals surface area contributed by atoms with Crippen LogP contribution in [-0.4, -0.2) is 30.7 Å². The van der Waals surface area contributed by atoms with Crippen LogP contribution in [0.4, 0.5) is 0 Å². The van der Waals surface area contributed by atoms with Crippen LogP contribution in [0.1, 0.15) is 27.2 Å². The summed E-state index contributed by atoms with van der Waals surface area (Å²) in [5.74, 6) is -0.684. The Bertz CT molecular complexity index is 284. The summed E-state index contributed by atoms with van der Waals surface area (Å²) in [6, 6.07) is -0.530. The molecular weight excluding hydrogens is 206 g/mol. The standard InChI is InChI=1S/C8H17NO4S/c1-4-8(10)9-7(6(2)3)5-14(11,12)13/h6-7H,4-5H2,1-3H3,(H,9,10)(H,11,12,13). The molecule has 1 amide bonds. The third-order valence-corrected chi connectivity index (χ3v) is 2.64. The number of hydrogen-bond donors (Lipinski definition) is 2. The zero-order valence-corrected chi connectivity index (χ0v) is 9.47. The molecule has 0 radical (unpaired) electrons. The van der Waals surface area contributed by atoms with E-state index >= 15 is 0 Å². The van der Waals surface area contributed by atoms with Crippen molar-refractivity contribution in [2.24, 2.45) is 5.92 Å². The molecule has 0 spiro atoms. The fourth-order valence-corrected chi connectivity index (χ4v) is 1.86. The van der Waals surface area contributed by atoms with E-state index in [9.17, 15) is 13.2 Å². The number of nitrogens with one attached hydrogen (secondary N) is 1. The predicted molar refractivity (Wildman–Crippen MR) is 53.5 cm³/mol. The van der Waals surface area contributed by atoms with E-state index in [1.807, 2.05) is 0 Å². The van der Waals surface area contributed by atoms with Crippen molar-refractivity contribution < 1.29 is 17.8 Å². The lowest BCUT2D eigenvalue weighted by atomic mass is 10.1. The summed E-state index contributed by atoms with van der Waals surface area (Å²) in [5, 5.41) is 2.54. The average molecular weight is 223 g/mol. The molecule has 14 heavy (non-hydrogen) atoms. The minimum Gasteiger partial charge on any atom is -0.352 e. The summed E-state index contributed by atoms with van der Waals surface area (Å²) in [4.78, 5) is 11.0. The first-order chi connectivity index (χ1) is 6.26. The van der Waals surface area contributed by atoms with E-state index in [2.05, 4.69) is 5.32 Å². The molecule has 84 valence electrons. The van der Waals surface area contributed by atoms with Gasteiger partial charge in [0, 0.05) is 12.5 Å². The van der Waals surface area contributed by atoms with Gasteiger partial charge in [0.25, 0.3) is 10.1 Å². The van der Waals surface area contributed by atoms with E-state index in [4.69, 9.17) is 4.55 Å². The SMILES string of the molecule is CCC(=O)NC(CS(=O)(=O)O)C(C)C. The number of hydrogen-bond acceptors (Lipinski definition) is 3. The van der Waals surface area contributed by atoms with E-state index in [0.29, 0.717) is 6.42 Å². The molecule has 0 aliphatic rings. The van der Waals surface area contributed by atoms with Crippen molar-refractivity contribution >= 4 is 16.0 Å². The first-order valence-corrected chi connectivity index (χ1v) is 6.11. The van der Waals surface area contributed by atoms with Crippen molar-refractivity contribution in [3.8, 4) is 0 Å². The highest BCUT2D eigenvalue weighted by atomic mass is 32.2. The van der Waals surface area contributed by atoms with Gasteiger partial charge in [-0.2, -0.15) is 8.42 Å². The Morgan fingerprint density at radius 3 is 2.21 bits per heavy atom. The van der Waals surface area contributed by atoms with Gasteiger partial charge in [-0.05, 0) is 5.92 Å². The maximum absolute atomic E-state index is 11.0. The molecule has 0 fully saturated rings. The second kappa shape index (κ2) is 5.31. The zero-order valence-electron chi connectivity index (χ0n) is 8.65. The third kappa shape index (κ3) is 5.93. The monoisotopic (exact) mass is 223 g/mol.